The molecule has 2 amide bonds. The average molecular weight is 562 g/mol. The molecular formula is C31H35N3O5S. The zero-order chi connectivity index (χ0) is 28.3. The second kappa shape index (κ2) is 11.6. The number of likely N-dealkylation sites (tertiary alicyclic amines) is 1. The predicted octanol–water partition coefficient (Wildman–Crippen LogP) is 6.71. The Kier molecular flexibility index (Phi) is 8.02. The second-order valence-corrected chi connectivity index (χ2v) is 12.0. The Labute approximate surface area is 238 Å². The number of benzene rings is 2. The van der Waals surface area contributed by atoms with E-state index in [1.54, 1.807) is 16.2 Å². The summed E-state index contributed by atoms with van der Waals surface area (Å²) in [5.41, 5.74) is 2.76. The average Bonchev–Trinajstić information content (AvgIpc) is 3.65. The van der Waals surface area contributed by atoms with Crippen molar-refractivity contribution in [3.05, 3.63) is 77.3 Å². The molecule has 4 aromatic rings. The fraction of sp³-hybridized carbons (Fsp3) is 0.355. The van der Waals surface area contributed by atoms with Crippen LogP contribution in [0.1, 0.15) is 43.2 Å². The van der Waals surface area contributed by atoms with Gasteiger partial charge < -0.3 is 29.0 Å². The zero-order valence-corrected chi connectivity index (χ0v) is 24.1. The van der Waals surface area contributed by atoms with Gasteiger partial charge in [0.1, 0.15) is 29.4 Å². The van der Waals surface area contributed by atoms with Gasteiger partial charge in [-0.15, -0.1) is 11.3 Å². The number of thiophene rings is 1. The van der Waals surface area contributed by atoms with Crippen LogP contribution in [0.3, 0.4) is 0 Å². The van der Waals surface area contributed by atoms with Gasteiger partial charge in [-0.25, -0.2) is 4.79 Å². The quantitative estimate of drug-likeness (QED) is 0.259. The van der Waals surface area contributed by atoms with Gasteiger partial charge >= 0.3 is 6.09 Å². The van der Waals surface area contributed by atoms with E-state index in [9.17, 15) is 9.59 Å². The summed E-state index contributed by atoms with van der Waals surface area (Å²) in [6, 6.07) is 19.1. The number of aromatic nitrogens is 1. The highest BCUT2D eigenvalue weighted by Gasteiger charge is 2.30. The molecule has 210 valence electrons. The first-order valence-corrected chi connectivity index (χ1v) is 14.3. The van der Waals surface area contributed by atoms with Crippen LogP contribution in [0.5, 0.6) is 11.5 Å². The molecular weight excluding hydrogens is 526 g/mol. The maximum atomic E-state index is 13.0. The Morgan fingerprint density at radius 2 is 1.75 bits per heavy atom. The summed E-state index contributed by atoms with van der Waals surface area (Å²) < 4.78 is 20.5. The number of rotatable bonds is 8. The summed E-state index contributed by atoms with van der Waals surface area (Å²) >= 11 is 1.62. The van der Waals surface area contributed by atoms with E-state index in [0.717, 1.165) is 28.0 Å². The number of fused-ring (bicyclic) bond motifs is 1. The Bertz CT molecular complexity index is 1480. The third-order valence-electron chi connectivity index (χ3n) is 6.80. The summed E-state index contributed by atoms with van der Waals surface area (Å²) in [4.78, 5) is 27.1. The van der Waals surface area contributed by atoms with Gasteiger partial charge in [0.15, 0.2) is 0 Å². The summed E-state index contributed by atoms with van der Waals surface area (Å²) in [5.74, 6) is 1.56. The van der Waals surface area contributed by atoms with Crippen LogP contribution in [0.15, 0.2) is 66.0 Å². The standard InChI is InChI=1S/C31H35N3O5S/c1-31(2,3)39-30(36)34-15-13-21(18-34)19-37-23-9-11-24(12-10-23)38-20-22-7-5-6-8-25(22)32-29(35)27-17-28-26(33(27)4)14-16-40-28/h5-12,14,16-17,21H,13,15,18-20H2,1-4H3,(H,32,35)/t21-/m1/s1. The van der Waals surface area contributed by atoms with Gasteiger partial charge in [-0.2, -0.15) is 0 Å². The van der Waals surface area contributed by atoms with Gasteiger partial charge in [-0.05, 0) is 75.0 Å². The van der Waals surface area contributed by atoms with Gasteiger partial charge in [0.25, 0.3) is 5.91 Å². The van der Waals surface area contributed by atoms with Crippen molar-refractivity contribution in [1.82, 2.24) is 9.47 Å². The SMILES string of the molecule is Cn1c(C(=O)Nc2ccccc2COc2ccc(OC[C@@H]3CCN(C(=O)OC(C)(C)C)C3)cc2)cc2sccc21. The van der Waals surface area contributed by atoms with Crippen molar-refractivity contribution < 1.29 is 23.8 Å². The van der Waals surface area contributed by atoms with E-state index in [4.69, 9.17) is 14.2 Å². The number of ether oxygens (including phenoxy) is 3. The molecule has 1 N–H and O–H groups in total. The largest absolute Gasteiger partial charge is 0.493 e. The molecule has 1 fully saturated rings. The number of aryl methyl sites for hydroxylation is 1. The molecule has 0 radical (unpaired) electrons. The van der Waals surface area contributed by atoms with Crippen LogP contribution in [-0.2, 0) is 18.4 Å². The molecule has 0 bridgehead atoms. The van der Waals surface area contributed by atoms with Crippen LogP contribution in [0.2, 0.25) is 0 Å². The molecule has 9 heteroatoms. The number of hydrogen-bond donors (Lipinski definition) is 1. The van der Waals surface area contributed by atoms with Crippen LogP contribution >= 0.6 is 11.3 Å². The Morgan fingerprint density at radius 3 is 2.48 bits per heavy atom. The highest BCUT2D eigenvalue weighted by molar-refractivity contribution is 7.17. The lowest BCUT2D eigenvalue weighted by Gasteiger charge is -2.24. The summed E-state index contributed by atoms with van der Waals surface area (Å²) in [6.45, 7) is 7.78. The Morgan fingerprint density at radius 1 is 1.02 bits per heavy atom. The fourth-order valence-electron chi connectivity index (χ4n) is 4.69. The van der Waals surface area contributed by atoms with Gasteiger partial charge in [0.05, 0.1) is 16.8 Å². The van der Waals surface area contributed by atoms with Gasteiger partial charge in [-0.1, -0.05) is 18.2 Å². The van der Waals surface area contributed by atoms with Crippen LogP contribution in [0.4, 0.5) is 10.5 Å². The van der Waals surface area contributed by atoms with Gasteiger partial charge in [-0.3, -0.25) is 4.79 Å². The van der Waals surface area contributed by atoms with Crippen molar-refractivity contribution >= 4 is 39.2 Å². The third kappa shape index (κ3) is 6.59. The fourth-order valence-corrected chi connectivity index (χ4v) is 5.54. The lowest BCUT2D eigenvalue weighted by atomic mass is 10.1. The molecule has 2 aromatic carbocycles. The molecule has 40 heavy (non-hydrogen) atoms. The molecule has 0 unspecified atom stereocenters. The zero-order valence-electron chi connectivity index (χ0n) is 23.3. The first-order valence-electron chi connectivity index (χ1n) is 13.4. The molecule has 5 rings (SSSR count). The third-order valence-corrected chi connectivity index (χ3v) is 7.66. The number of carbonyl (C=O) groups is 2. The molecule has 8 nitrogen and oxygen atoms in total. The molecule has 1 aliphatic rings. The number of amides is 2. The summed E-state index contributed by atoms with van der Waals surface area (Å²) in [5, 5.41) is 5.06. The molecule has 2 aromatic heterocycles. The molecule has 0 spiro atoms. The highest BCUT2D eigenvalue weighted by Crippen LogP contribution is 2.27. The number of carbonyl (C=O) groups excluding carboxylic acids is 2. The number of anilines is 1. The molecule has 1 atom stereocenters. The molecule has 0 aliphatic carbocycles. The normalized spacial score (nSPS) is 15.3. The number of para-hydroxylation sites is 1. The number of nitrogens with one attached hydrogen (secondary N) is 1. The van der Waals surface area contributed by atoms with Crippen LogP contribution < -0.4 is 14.8 Å². The Hall–Kier alpha value is -3.98. The minimum absolute atomic E-state index is 0.156. The molecule has 0 saturated carbocycles. The maximum absolute atomic E-state index is 13.0. The van der Waals surface area contributed by atoms with E-state index in [-0.39, 0.29) is 17.9 Å². The first-order chi connectivity index (χ1) is 19.2. The van der Waals surface area contributed by atoms with E-state index < -0.39 is 5.60 Å². The number of nitrogens with zero attached hydrogens (tertiary/aromatic N) is 2. The van der Waals surface area contributed by atoms with Crippen molar-refractivity contribution in [1.29, 1.82) is 0 Å². The molecule has 1 aliphatic heterocycles. The Balaban J connectivity index is 1.12. The summed E-state index contributed by atoms with van der Waals surface area (Å²) in [7, 11) is 1.90. The molecule has 3 heterocycles. The van der Waals surface area contributed by atoms with Crippen molar-refractivity contribution in [2.75, 3.05) is 25.0 Å². The molecule has 1 saturated heterocycles. The van der Waals surface area contributed by atoms with E-state index in [1.165, 1.54) is 0 Å². The summed E-state index contributed by atoms with van der Waals surface area (Å²) in [6.07, 6.45) is 0.621. The van der Waals surface area contributed by atoms with E-state index >= 15 is 0 Å². The van der Waals surface area contributed by atoms with E-state index in [2.05, 4.69) is 5.32 Å². The lowest BCUT2D eigenvalue weighted by molar-refractivity contribution is 0.0284. The van der Waals surface area contributed by atoms with Crippen molar-refractivity contribution in [3.63, 3.8) is 0 Å². The minimum Gasteiger partial charge on any atom is -0.493 e. The minimum atomic E-state index is -0.495. The van der Waals surface area contributed by atoms with E-state index in [0.29, 0.717) is 43.4 Å². The van der Waals surface area contributed by atoms with Crippen LogP contribution in [0.25, 0.3) is 10.2 Å². The van der Waals surface area contributed by atoms with Crippen molar-refractivity contribution in [2.45, 2.75) is 39.4 Å². The predicted molar refractivity (Wildman–Crippen MR) is 157 cm³/mol. The maximum Gasteiger partial charge on any atom is 0.410 e. The monoisotopic (exact) mass is 561 g/mol. The number of hydrogen-bond acceptors (Lipinski definition) is 6. The van der Waals surface area contributed by atoms with Crippen molar-refractivity contribution in [3.8, 4) is 11.5 Å². The van der Waals surface area contributed by atoms with Crippen LogP contribution in [0, 0.1) is 5.92 Å². The topological polar surface area (TPSA) is 82.0 Å². The van der Waals surface area contributed by atoms with Crippen molar-refractivity contribution in [2.24, 2.45) is 13.0 Å². The van der Waals surface area contributed by atoms with Gasteiger partial charge in [0, 0.05) is 37.3 Å². The van der Waals surface area contributed by atoms with Crippen LogP contribution in [-0.4, -0.2) is 46.8 Å². The second-order valence-electron chi connectivity index (χ2n) is 11.0. The van der Waals surface area contributed by atoms with Gasteiger partial charge in [0.2, 0.25) is 0 Å². The lowest BCUT2D eigenvalue weighted by Crippen LogP contribution is -2.35. The van der Waals surface area contributed by atoms with E-state index in [1.807, 2.05) is 98.4 Å². The highest BCUT2D eigenvalue weighted by atomic mass is 32.1. The first kappa shape index (κ1) is 27.6. The smallest absolute Gasteiger partial charge is 0.410 e.